The largest absolute Gasteiger partial charge is 0.507 e. The fourth-order valence-electron chi connectivity index (χ4n) is 3.68. The molecule has 0 bridgehead atoms. The van der Waals surface area contributed by atoms with Crippen molar-refractivity contribution in [3.05, 3.63) is 29.3 Å². The van der Waals surface area contributed by atoms with E-state index in [0.29, 0.717) is 11.7 Å². The summed E-state index contributed by atoms with van der Waals surface area (Å²) in [6.45, 7) is 12.2. The minimum absolute atomic E-state index is 0.258. The highest BCUT2D eigenvalue weighted by molar-refractivity contribution is 5.83. The summed E-state index contributed by atoms with van der Waals surface area (Å²) in [4.78, 5) is 4.48. The number of hydrogen-bond donors (Lipinski definition) is 1. The Morgan fingerprint density at radius 2 is 1.76 bits per heavy atom. The van der Waals surface area contributed by atoms with Crippen molar-refractivity contribution in [3.63, 3.8) is 0 Å². The Labute approximate surface area is 155 Å². The third-order valence-corrected chi connectivity index (χ3v) is 4.61. The van der Waals surface area contributed by atoms with Crippen LogP contribution >= 0.6 is 0 Å². The monoisotopic (exact) mass is 345 g/mol. The van der Waals surface area contributed by atoms with E-state index < -0.39 is 0 Å². The molecule has 0 fully saturated rings. The molecule has 1 rings (SSSR count). The smallest absolute Gasteiger partial charge is 0.124 e. The van der Waals surface area contributed by atoms with Gasteiger partial charge in [0, 0.05) is 18.3 Å². The molecule has 0 aliphatic carbocycles. The zero-order valence-electron chi connectivity index (χ0n) is 17.1. The number of phenolic OH excluding ortho intramolecular Hbond substituents is 1. The normalized spacial score (nSPS) is 12.4. The third-order valence-electron chi connectivity index (χ3n) is 4.61. The van der Waals surface area contributed by atoms with E-state index >= 15 is 0 Å². The van der Waals surface area contributed by atoms with E-state index in [0.717, 1.165) is 24.9 Å². The van der Waals surface area contributed by atoms with Crippen LogP contribution in [-0.2, 0) is 6.42 Å². The fraction of sp³-hybridized carbons (Fsp3) is 0.696. The van der Waals surface area contributed by atoms with Crippen LogP contribution in [0, 0.1) is 11.3 Å². The van der Waals surface area contributed by atoms with Crippen molar-refractivity contribution in [3.8, 4) is 5.75 Å². The molecule has 0 aliphatic rings. The van der Waals surface area contributed by atoms with Gasteiger partial charge in [0.25, 0.3) is 0 Å². The van der Waals surface area contributed by atoms with Gasteiger partial charge in [0.15, 0.2) is 0 Å². The van der Waals surface area contributed by atoms with Crippen LogP contribution in [0.5, 0.6) is 5.75 Å². The third kappa shape index (κ3) is 9.67. The molecule has 0 spiro atoms. The molecule has 2 heteroatoms. The van der Waals surface area contributed by atoms with Crippen molar-refractivity contribution >= 4 is 6.21 Å². The van der Waals surface area contributed by atoms with Crippen molar-refractivity contribution in [2.24, 2.45) is 16.3 Å². The van der Waals surface area contributed by atoms with Gasteiger partial charge >= 0.3 is 0 Å². The maximum absolute atomic E-state index is 10.3. The van der Waals surface area contributed by atoms with Crippen LogP contribution in [0.3, 0.4) is 0 Å². The van der Waals surface area contributed by atoms with Gasteiger partial charge in [0.05, 0.1) is 0 Å². The number of aliphatic imine (C=N–C) groups is 1. The highest BCUT2D eigenvalue weighted by atomic mass is 16.3. The van der Waals surface area contributed by atoms with E-state index in [9.17, 15) is 5.11 Å². The Morgan fingerprint density at radius 3 is 2.40 bits per heavy atom. The van der Waals surface area contributed by atoms with E-state index in [-0.39, 0.29) is 5.41 Å². The van der Waals surface area contributed by atoms with Crippen molar-refractivity contribution < 1.29 is 5.11 Å². The molecule has 0 heterocycles. The molecule has 0 aliphatic heterocycles. The van der Waals surface area contributed by atoms with Gasteiger partial charge in [-0.3, -0.25) is 4.99 Å². The van der Waals surface area contributed by atoms with Gasteiger partial charge < -0.3 is 5.11 Å². The molecule has 142 valence electrons. The average molecular weight is 346 g/mol. The lowest BCUT2D eigenvalue weighted by Crippen LogP contribution is -2.17. The molecule has 0 saturated heterocycles. The Bertz CT molecular complexity index is 517. The first-order chi connectivity index (χ1) is 11.8. The van der Waals surface area contributed by atoms with Crippen LogP contribution in [0.2, 0.25) is 0 Å². The molecule has 1 aromatic carbocycles. The molecule has 0 amide bonds. The van der Waals surface area contributed by atoms with Gasteiger partial charge in [-0.1, -0.05) is 72.8 Å². The molecule has 1 N–H and O–H groups in total. The maximum atomic E-state index is 10.3. The highest BCUT2D eigenvalue weighted by Gasteiger charge is 2.20. The lowest BCUT2D eigenvalue weighted by atomic mass is 9.79. The van der Waals surface area contributed by atoms with E-state index in [1.165, 1.54) is 44.1 Å². The van der Waals surface area contributed by atoms with Crippen molar-refractivity contribution in [1.82, 2.24) is 0 Å². The summed E-state index contributed by atoms with van der Waals surface area (Å²) in [7, 11) is 0. The molecule has 0 saturated carbocycles. The molecule has 0 atom stereocenters. The van der Waals surface area contributed by atoms with Crippen LogP contribution in [0.4, 0.5) is 0 Å². The Kier molecular flexibility index (Phi) is 9.85. The Morgan fingerprint density at radius 1 is 1.08 bits per heavy atom. The second kappa shape index (κ2) is 11.3. The molecular formula is C23H39NO. The molecule has 25 heavy (non-hydrogen) atoms. The van der Waals surface area contributed by atoms with Gasteiger partial charge in [-0.2, -0.15) is 0 Å². The Hall–Kier alpha value is -1.31. The number of rotatable bonds is 12. The number of nitrogens with zero attached hydrogens (tertiary/aromatic N) is 1. The maximum Gasteiger partial charge on any atom is 0.124 e. The van der Waals surface area contributed by atoms with Crippen LogP contribution in [0.1, 0.15) is 90.7 Å². The van der Waals surface area contributed by atoms with E-state index in [1.54, 1.807) is 0 Å². The lowest BCUT2D eigenvalue weighted by molar-refractivity contribution is 0.285. The Balaban J connectivity index is 2.46. The number of aromatic hydroxyl groups is 1. The molecule has 2 nitrogen and oxygen atoms in total. The summed E-state index contributed by atoms with van der Waals surface area (Å²) >= 11 is 0. The fourth-order valence-corrected chi connectivity index (χ4v) is 3.68. The summed E-state index contributed by atoms with van der Waals surface area (Å²) in [6.07, 6.45) is 11.7. The first-order valence-electron chi connectivity index (χ1n) is 10.2. The minimum Gasteiger partial charge on any atom is -0.507 e. The number of benzene rings is 1. The quantitative estimate of drug-likeness (QED) is 0.328. The van der Waals surface area contributed by atoms with Gasteiger partial charge in [0.1, 0.15) is 5.75 Å². The van der Waals surface area contributed by atoms with Crippen LogP contribution < -0.4 is 0 Å². The topological polar surface area (TPSA) is 32.6 Å². The SMILES string of the molecule is CCCCCCCCN=Cc1ccc(CC(C)(C)CC(C)C)cc1O. The second-order valence-corrected chi connectivity index (χ2v) is 8.64. The number of hydrogen-bond acceptors (Lipinski definition) is 2. The predicted molar refractivity (Wildman–Crippen MR) is 111 cm³/mol. The van der Waals surface area contributed by atoms with Crippen LogP contribution in [0.15, 0.2) is 23.2 Å². The molecular weight excluding hydrogens is 306 g/mol. The summed E-state index contributed by atoms with van der Waals surface area (Å²) < 4.78 is 0. The standard InChI is InChI=1S/C23H39NO/c1-6-7-8-9-10-11-14-24-18-21-13-12-20(15-22(21)25)17-23(4,5)16-19(2)3/h12-13,15,18-19,25H,6-11,14,16-17H2,1-5H3. The van der Waals surface area contributed by atoms with Crippen molar-refractivity contribution in [2.75, 3.05) is 6.54 Å². The summed E-state index contributed by atoms with van der Waals surface area (Å²) in [5.74, 6) is 1.04. The van der Waals surface area contributed by atoms with Gasteiger partial charge in [-0.15, -0.1) is 0 Å². The van der Waals surface area contributed by atoms with Crippen LogP contribution in [0.25, 0.3) is 0 Å². The number of unbranched alkanes of at least 4 members (excludes halogenated alkanes) is 5. The van der Waals surface area contributed by atoms with E-state index in [1.807, 2.05) is 18.3 Å². The van der Waals surface area contributed by atoms with Crippen LogP contribution in [-0.4, -0.2) is 17.9 Å². The molecule has 0 unspecified atom stereocenters. The van der Waals surface area contributed by atoms with Crippen molar-refractivity contribution in [1.29, 1.82) is 0 Å². The molecule has 0 aromatic heterocycles. The minimum atomic E-state index is 0.258. The van der Waals surface area contributed by atoms with E-state index in [2.05, 4.69) is 45.7 Å². The van der Waals surface area contributed by atoms with Gasteiger partial charge in [-0.25, -0.2) is 0 Å². The summed E-state index contributed by atoms with van der Waals surface area (Å²) in [6, 6.07) is 6.04. The number of phenols is 1. The average Bonchev–Trinajstić information content (AvgIpc) is 2.50. The zero-order valence-corrected chi connectivity index (χ0v) is 17.1. The van der Waals surface area contributed by atoms with Crippen molar-refractivity contribution in [2.45, 2.75) is 86.0 Å². The second-order valence-electron chi connectivity index (χ2n) is 8.64. The van der Waals surface area contributed by atoms with E-state index in [4.69, 9.17) is 0 Å². The highest BCUT2D eigenvalue weighted by Crippen LogP contribution is 2.31. The van der Waals surface area contributed by atoms with Gasteiger partial charge in [-0.05, 0) is 48.3 Å². The first-order valence-corrected chi connectivity index (χ1v) is 10.2. The predicted octanol–water partition coefficient (Wildman–Crippen LogP) is 6.79. The first kappa shape index (κ1) is 21.7. The molecule has 0 radical (unpaired) electrons. The summed E-state index contributed by atoms with van der Waals surface area (Å²) in [5.41, 5.74) is 2.29. The van der Waals surface area contributed by atoms with Gasteiger partial charge in [0.2, 0.25) is 0 Å². The summed E-state index contributed by atoms with van der Waals surface area (Å²) in [5, 5.41) is 10.3. The zero-order chi connectivity index (χ0) is 18.7. The lowest BCUT2D eigenvalue weighted by Gasteiger charge is -2.27. The molecule has 1 aromatic rings.